The summed E-state index contributed by atoms with van der Waals surface area (Å²) >= 11 is 0. The first-order chi connectivity index (χ1) is 13.6. The Morgan fingerprint density at radius 1 is 0.966 bits per heavy atom. The number of hydrogen-bond acceptors (Lipinski definition) is 2. The second-order valence-corrected chi connectivity index (χ2v) is 14.6. The molecule has 0 aromatic heterocycles. The van der Waals surface area contributed by atoms with Crippen LogP contribution in [-0.2, 0) is 9.96 Å². The smallest absolute Gasteiger partial charge is 0.255 e. The van der Waals surface area contributed by atoms with Crippen molar-refractivity contribution >= 4 is 14.2 Å². The second-order valence-electron chi connectivity index (χ2n) is 9.76. The van der Waals surface area contributed by atoms with E-state index in [4.69, 9.17) is 4.43 Å². The van der Waals surface area contributed by atoms with Crippen LogP contribution in [0.5, 0.6) is 0 Å². The largest absolute Gasteiger partial charge is 0.417 e. The van der Waals surface area contributed by atoms with E-state index in [0.717, 1.165) is 42.7 Å². The zero-order chi connectivity index (χ0) is 21.3. The highest BCUT2D eigenvalue weighted by Crippen LogP contribution is 2.44. The number of amides is 1. The van der Waals surface area contributed by atoms with Gasteiger partial charge in [0.25, 0.3) is 5.91 Å². The molecule has 156 valence electrons. The van der Waals surface area contributed by atoms with Crippen LogP contribution in [0, 0.1) is 0 Å². The molecule has 3 rings (SSSR count). The van der Waals surface area contributed by atoms with E-state index in [0.29, 0.717) is 0 Å². The molecule has 0 N–H and O–H groups in total. The van der Waals surface area contributed by atoms with Crippen LogP contribution in [0.2, 0.25) is 18.1 Å². The lowest BCUT2D eigenvalue weighted by atomic mass is 9.84. The summed E-state index contributed by atoms with van der Waals surface area (Å²) in [5.74, 6) is 0.136. The molecule has 2 aromatic rings. The van der Waals surface area contributed by atoms with Crippen LogP contribution in [0.15, 0.2) is 54.6 Å². The molecule has 1 aliphatic rings. The van der Waals surface area contributed by atoms with Crippen LogP contribution in [-0.4, -0.2) is 32.3 Å². The Morgan fingerprint density at radius 3 is 2.24 bits per heavy atom. The summed E-state index contributed by atoms with van der Waals surface area (Å²) in [5, 5.41) is 0.228. The Morgan fingerprint density at radius 2 is 1.59 bits per heavy atom. The number of benzene rings is 2. The van der Waals surface area contributed by atoms with E-state index in [1.807, 2.05) is 24.3 Å². The molecule has 1 aliphatic heterocycles. The van der Waals surface area contributed by atoms with Crippen LogP contribution in [0.1, 0.15) is 62.0 Å². The van der Waals surface area contributed by atoms with Gasteiger partial charge in [0.15, 0.2) is 8.32 Å². The molecule has 0 bridgehead atoms. The summed E-state index contributed by atoms with van der Waals surface area (Å²) in [4.78, 5) is 15.3. The van der Waals surface area contributed by atoms with E-state index in [2.05, 4.69) is 76.0 Å². The summed E-state index contributed by atoms with van der Waals surface area (Å²) in [6, 6.07) is 18.4. The molecule has 3 nitrogen and oxygen atoms in total. The second kappa shape index (κ2) is 8.08. The maximum absolute atomic E-state index is 13.2. The maximum Gasteiger partial charge on any atom is 0.255 e. The monoisotopic (exact) mass is 409 g/mol. The van der Waals surface area contributed by atoms with E-state index in [-0.39, 0.29) is 10.9 Å². The van der Waals surface area contributed by atoms with Crippen LogP contribution in [0.25, 0.3) is 0 Å². The number of carbonyl (C=O) groups excluding carboxylic acids is 1. The van der Waals surface area contributed by atoms with Gasteiger partial charge in [0.1, 0.15) is 0 Å². The van der Waals surface area contributed by atoms with Crippen molar-refractivity contribution in [2.24, 2.45) is 0 Å². The molecular formula is C25H35NO2Si. The predicted molar refractivity (Wildman–Crippen MR) is 123 cm³/mol. The maximum atomic E-state index is 13.2. The number of rotatable bonds is 7. The fraction of sp³-hybridized carbons (Fsp3) is 0.480. The molecule has 29 heavy (non-hydrogen) atoms. The van der Waals surface area contributed by atoms with E-state index in [1.165, 1.54) is 0 Å². The molecular weight excluding hydrogens is 374 g/mol. The zero-order valence-electron chi connectivity index (χ0n) is 18.8. The topological polar surface area (TPSA) is 29.5 Å². The van der Waals surface area contributed by atoms with Gasteiger partial charge in [-0.25, -0.2) is 0 Å². The number of nitrogens with zero attached hydrogens (tertiary/aromatic N) is 1. The Balaban J connectivity index is 1.72. The highest BCUT2D eigenvalue weighted by molar-refractivity contribution is 6.74. The minimum absolute atomic E-state index is 0.136. The van der Waals surface area contributed by atoms with Crippen molar-refractivity contribution in [2.75, 3.05) is 13.2 Å². The van der Waals surface area contributed by atoms with Gasteiger partial charge in [-0.05, 0) is 55.1 Å². The molecule has 2 aromatic carbocycles. The predicted octanol–water partition coefficient (Wildman–Crippen LogP) is 6.21. The van der Waals surface area contributed by atoms with Crippen molar-refractivity contribution in [2.45, 2.75) is 64.2 Å². The van der Waals surface area contributed by atoms with Gasteiger partial charge >= 0.3 is 0 Å². The Kier molecular flexibility index (Phi) is 6.07. The molecule has 1 amide bonds. The van der Waals surface area contributed by atoms with Gasteiger partial charge in [-0.3, -0.25) is 4.79 Å². The first-order valence-electron chi connectivity index (χ1n) is 10.7. The summed E-state index contributed by atoms with van der Waals surface area (Å²) < 4.78 is 6.32. The molecule has 0 aliphatic carbocycles. The molecule has 1 heterocycles. The van der Waals surface area contributed by atoms with Crippen molar-refractivity contribution in [1.82, 2.24) is 4.90 Å². The fourth-order valence-corrected chi connectivity index (χ4v) is 4.99. The minimum atomic E-state index is -1.71. The average Bonchev–Trinajstić information content (AvgIpc) is 2.90. The number of fused-ring (bicyclic) bond motifs is 1. The first-order valence-corrected chi connectivity index (χ1v) is 13.6. The summed E-state index contributed by atoms with van der Waals surface area (Å²) in [6.45, 7) is 15.1. The highest BCUT2D eigenvalue weighted by Gasteiger charge is 2.46. The Hall–Kier alpha value is -1.91. The van der Waals surface area contributed by atoms with Crippen molar-refractivity contribution in [3.8, 4) is 0 Å². The molecule has 0 fully saturated rings. The lowest BCUT2D eigenvalue weighted by Crippen LogP contribution is -2.43. The van der Waals surface area contributed by atoms with E-state index < -0.39 is 13.9 Å². The molecule has 0 radical (unpaired) electrons. The van der Waals surface area contributed by atoms with Gasteiger partial charge in [-0.15, -0.1) is 0 Å². The molecule has 0 saturated carbocycles. The van der Waals surface area contributed by atoms with Crippen LogP contribution in [0.3, 0.4) is 0 Å². The van der Waals surface area contributed by atoms with Gasteiger partial charge < -0.3 is 9.33 Å². The van der Waals surface area contributed by atoms with Crippen molar-refractivity contribution < 1.29 is 9.22 Å². The normalized spacial score (nSPS) is 19.5. The lowest BCUT2D eigenvalue weighted by molar-refractivity contribution is 0.0642. The third-order valence-electron chi connectivity index (χ3n) is 6.85. The van der Waals surface area contributed by atoms with Gasteiger partial charge in [0.05, 0.1) is 5.54 Å². The Bertz CT molecular complexity index is 857. The first kappa shape index (κ1) is 21.8. The van der Waals surface area contributed by atoms with E-state index in [1.54, 1.807) is 0 Å². The van der Waals surface area contributed by atoms with Gasteiger partial charge in [0, 0.05) is 18.7 Å². The minimum Gasteiger partial charge on any atom is -0.417 e. The standard InChI is InChI=1S/C25H35NO2Si/c1-24(2,3)29(5,6)28-19-13-12-18-26-23(27)21-16-10-11-17-22(21)25(26,4)20-14-8-7-9-15-20/h7-11,14-17H,12-13,18-19H2,1-6H3. The summed E-state index contributed by atoms with van der Waals surface area (Å²) in [7, 11) is -1.71. The third kappa shape index (κ3) is 4.06. The van der Waals surface area contributed by atoms with Gasteiger partial charge in [0.2, 0.25) is 0 Å². The number of hydrogen-bond donors (Lipinski definition) is 0. The lowest BCUT2D eigenvalue weighted by Gasteiger charge is -2.37. The SMILES string of the molecule is CC1(c2ccccc2)c2ccccc2C(=O)N1CCCCO[Si](C)(C)C(C)(C)C. The third-order valence-corrected chi connectivity index (χ3v) is 11.4. The quantitative estimate of drug-likeness (QED) is 0.402. The van der Waals surface area contributed by atoms with Crippen LogP contribution < -0.4 is 0 Å². The summed E-state index contributed by atoms with van der Waals surface area (Å²) in [5.41, 5.74) is 2.68. The van der Waals surface area contributed by atoms with Gasteiger partial charge in [-0.1, -0.05) is 69.3 Å². The number of unbranched alkanes of at least 4 members (excludes halogenated alkanes) is 1. The average molecular weight is 410 g/mol. The summed E-state index contributed by atoms with van der Waals surface area (Å²) in [6.07, 6.45) is 1.91. The highest BCUT2D eigenvalue weighted by atomic mass is 28.4. The van der Waals surface area contributed by atoms with Crippen molar-refractivity contribution in [3.63, 3.8) is 0 Å². The van der Waals surface area contributed by atoms with Gasteiger partial charge in [-0.2, -0.15) is 0 Å². The van der Waals surface area contributed by atoms with E-state index >= 15 is 0 Å². The van der Waals surface area contributed by atoms with Crippen molar-refractivity contribution in [3.05, 3.63) is 71.3 Å². The molecule has 4 heteroatoms. The Labute approximate surface area is 177 Å². The zero-order valence-corrected chi connectivity index (χ0v) is 19.8. The fourth-order valence-electron chi connectivity index (χ4n) is 3.90. The molecule has 0 spiro atoms. The molecule has 1 unspecified atom stereocenters. The van der Waals surface area contributed by atoms with Crippen molar-refractivity contribution in [1.29, 1.82) is 0 Å². The molecule has 0 saturated heterocycles. The van der Waals surface area contributed by atoms with Crippen LogP contribution in [0.4, 0.5) is 0 Å². The van der Waals surface area contributed by atoms with Crippen LogP contribution >= 0.6 is 0 Å². The number of carbonyl (C=O) groups is 1. The van der Waals surface area contributed by atoms with E-state index in [9.17, 15) is 4.79 Å². The molecule has 1 atom stereocenters.